The highest BCUT2D eigenvalue weighted by Crippen LogP contribution is 2.29. The molecule has 35 heavy (non-hydrogen) atoms. The molecule has 1 N–H and O–H groups in total. The number of hydrogen-bond acceptors (Lipinski definition) is 3. The van der Waals surface area contributed by atoms with Crippen molar-refractivity contribution in [2.24, 2.45) is 0 Å². The first-order valence-electron chi connectivity index (χ1n) is 11.8. The molecule has 0 aliphatic carbocycles. The molecule has 6 heteroatoms. The molecule has 0 heterocycles. The summed E-state index contributed by atoms with van der Waals surface area (Å²) in [5.74, 6) is 0.516. The third-order valence-electron chi connectivity index (χ3n) is 5.96. The molecule has 0 saturated carbocycles. The molecule has 3 rings (SSSR count). The van der Waals surface area contributed by atoms with Crippen molar-refractivity contribution < 1.29 is 14.3 Å². The van der Waals surface area contributed by atoms with Crippen molar-refractivity contribution in [1.29, 1.82) is 0 Å². The molecule has 0 saturated heterocycles. The van der Waals surface area contributed by atoms with Crippen molar-refractivity contribution in [3.63, 3.8) is 0 Å². The summed E-state index contributed by atoms with van der Waals surface area (Å²) in [5, 5.41) is 2.73. The predicted octanol–water partition coefficient (Wildman–Crippen LogP) is 5.65. The second-order valence-electron chi connectivity index (χ2n) is 8.96. The van der Waals surface area contributed by atoms with Gasteiger partial charge in [-0.3, -0.25) is 9.59 Å². The Bertz CT molecular complexity index is 1130. The summed E-state index contributed by atoms with van der Waals surface area (Å²) in [4.78, 5) is 28.1. The number of ether oxygens (including phenoxy) is 1. The van der Waals surface area contributed by atoms with Crippen LogP contribution in [0.1, 0.15) is 42.0 Å². The molecule has 0 aliphatic rings. The fourth-order valence-electron chi connectivity index (χ4n) is 3.83. The van der Waals surface area contributed by atoms with Crippen molar-refractivity contribution >= 4 is 27.7 Å². The lowest BCUT2D eigenvalue weighted by Gasteiger charge is -2.31. The molecule has 0 radical (unpaired) electrons. The quantitative estimate of drug-likeness (QED) is 0.364. The van der Waals surface area contributed by atoms with Crippen LogP contribution in [0.2, 0.25) is 0 Å². The highest BCUT2D eigenvalue weighted by Gasteiger charge is 2.30. The molecule has 0 fully saturated rings. The van der Waals surface area contributed by atoms with Crippen LogP contribution in [0.25, 0.3) is 0 Å². The Labute approximate surface area is 216 Å². The van der Waals surface area contributed by atoms with E-state index in [-0.39, 0.29) is 18.4 Å². The van der Waals surface area contributed by atoms with Crippen LogP contribution in [0.15, 0.2) is 77.3 Å². The molecular weight excluding hydrogens is 504 g/mol. The fourth-order valence-corrected chi connectivity index (χ4v) is 4.34. The number of hydrogen-bond donors (Lipinski definition) is 1. The van der Waals surface area contributed by atoms with Gasteiger partial charge in [0, 0.05) is 20.0 Å². The number of carbonyl (C=O) groups is 2. The number of halogens is 1. The van der Waals surface area contributed by atoms with Gasteiger partial charge in [-0.05, 0) is 57.6 Å². The first-order valence-corrected chi connectivity index (χ1v) is 12.6. The molecule has 0 aromatic heterocycles. The topological polar surface area (TPSA) is 58.6 Å². The zero-order valence-electron chi connectivity index (χ0n) is 20.8. The maximum Gasteiger partial charge on any atom is 0.261 e. The number of carbonyl (C=O) groups excluding carboxylic acids is 2. The number of amides is 2. The molecule has 0 unspecified atom stereocenters. The lowest BCUT2D eigenvalue weighted by atomic mass is 10.0. The Morgan fingerprint density at radius 3 is 2.26 bits per heavy atom. The SMILES string of the molecule is CNC(=O)[C@H](Cc1ccccc1)N(Cc1ccc(C)cc1)C(=O)COc1ccc(C(C)C)cc1Br. The second-order valence-corrected chi connectivity index (χ2v) is 9.81. The number of benzene rings is 3. The number of rotatable bonds is 10. The van der Waals surface area contributed by atoms with Crippen molar-refractivity contribution in [1.82, 2.24) is 10.2 Å². The number of aryl methyl sites for hydroxylation is 1. The molecule has 0 aliphatic heterocycles. The largest absolute Gasteiger partial charge is 0.483 e. The van der Waals surface area contributed by atoms with Crippen molar-refractivity contribution in [2.45, 2.75) is 45.7 Å². The van der Waals surface area contributed by atoms with Crippen LogP contribution in [-0.2, 0) is 22.6 Å². The zero-order valence-corrected chi connectivity index (χ0v) is 22.3. The average Bonchev–Trinajstić information content (AvgIpc) is 2.86. The van der Waals surface area contributed by atoms with Gasteiger partial charge in [0.05, 0.1) is 4.47 Å². The highest BCUT2D eigenvalue weighted by molar-refractivity contribution is 9.10. The van der Waals surface area contributed by atoms with Crippen LogP contribution in [0.5, 0.6) is 5.75 Å². The smallest absolute Gasteiger partial charge is 0.261 e. The van der Waals surface area contributed by atoms with Crippen LogP contribution in [0, 0.1) is 6.92 Å². The van der Waals surface area contributed by atoms with Crippen molar-refractivity contribution in [3.05, 3.63) is 99.5 Å². The van der Waals surface area contributed by atoms with Gasteiger partial charge in [-0.2, -0.15) is 0 Å². The van der Waals surface area contributed by atoms with Gasteiger partial charge in [-0.15, -0.1) is 0 Å². The van der Waals surface area contributed by atoms with Crippen molar-refractivity contribution in [3.8, 4) is 5.75 Å². The molecule has 2 amide bonds. The van der Waals surface area contributed by atoms with Gasteiger partial charge >= 0.3 is 0 Å². The third-order valence-corrected chi connectivity index (χ3v) is 6.58. The summed E-state index contributed by atoms with van der Waals surface area (Å²) in [6, 6.07) is 22.9. The van der Waals surface area contributed by atoms with Crippen molar-refractivity contribution in [2.75, 3.05) is 13.7 Å². The Kier molecular flexibility index (Phi) is 9.49. The van der Waals surface area contributed by atoms with E-state index in [1.807, 2.05) is 79.7 Å². The van der Waals surface area contributed by atoms with E-state index in [2.05, 4.69) is 35.1 Å². The highest BCUT2D eigenvalue weighted by atomic mass is 79.9. The van der Waals surface area contributed by atoms with E-state index in [0.29, 0.717) is 24.6 Å². The standard InChI is InChI=1S/C29H33BrN2O3/c1-20(2)24-14-15-27(25(30)17-24)35-19-28(33)32(18-23-12-10-21(3)11-13-23)26(29(34)31-4)16-22-8-6-5-7-9-22/h5-15,17,20,26H,16,18-19H2,1-4H3,(H,31,34)/t26-/m0/s1. The lowest BCUT2D eigenvalue weighted by Crippen LogP contribution is -2.51. The normalized spacial score (nSPS) is 11.7. The minimum Gasteiger partial charge on any atom is -0.483 e. The van der Waals surface area contributed by atoms with Gasteiger partial charge < -0.3 is 15.0 Å². The van der Waals surface area contributed by atoms with Crippen LogP contribution in [0.3, 0.4) is 0 Å². The molecule has 0 spiro atoms. The summed E-state index contributed by atoms with van der Waals surface area (Å²) in [5.41, 5.74) is 4.25. The van der Waals surface area contributed by atoms with E-state index in [9.17, 15) is 9.59 Å². The zero-order chi connectivity index (χ0) is 25.4. The lowest BCUT2D eigenvalue weighted by molar-refractivity contribution is -0.142. The van der Waals surface area contributed by atoms with Gasteiger partial charge in [0.2, 0.25) is 5.91 Å². The van der Waals surface area contributed by atoms with Crippen LogP contribution < -0.4 is 10.1 Å². The monoisotopic (exact) mass is 536 g/mol. The first kappa shape index (κ1) is 26.5. The summed E-state index contributed by atoms with van der Waals surface area (Å²) < 4.78 is 6.71. The molecule has 1 atom stereocenters. The van der Waals surface area contributed by atoms with E-state index in [0.717, 1.165) is 21.2 Å². The summed E-state index contributed by atoms with van der Waals surface area (Å²) >= 11 is 3.56. The Morgan fingerprint density at radius 2 is 1.66 bits per heavy atom. The number of likely N-dealkylation sites (N-methyl/N-ethyl adjacent to an activating group) is 1. The van der Waals surface area contributed by atoms with Crippen LogP contribution in [0.4, 0.5) is 0 Å². The van der Waals surface area contributed by atoms with Gasteiger partial charge in [0.1, 0.15) is 11.8 Å². The maximum absolute atomic E-state index is 13.5. The predicted molar refractivity (Wildman–Crippen MR) is 143 cm³/mol. The minimum atomic E-state index is -0.674. The summed E-state index contributed by atoms with van der Waals surface area (Å²) in [6.07, 6.45) is 0.408. The van der Waals surface area contributed by atoms with Crippen LogP contribution >= 0.6 is 15.9 Å². The van der Waals surface area contributed by atoms with Gasteiger partial charge in [-0.1, -0.05) is 80.1 Å². The summed E-state index contributed by atoms with van der Waals surface area (Å²) in [7, 11) is 1.60. The van der Waals surface area contributed by atoms with Gasteiger partial charge in [-0.25, -0.2) is 0 Å². The fraction of sp³-hybridized carbons (Fsp3) is 0.310. The third kappa shape index (κ3) is 7.43. The Hall–Kier alpha value is -3.12. The van der Waals surface area contributed by atoms with E-state index in [4.69, 9.17) is 4.74 Å². The number of nitrogens with zero attached hydrogens (tertiary/aromatic N) is 1. The van der Waals surface area contributed by atoms with Gasteiger partial charge in [0.15, 0.2) is 6.61 Å². The molecule has 0 bridgehead atoms. The number of nitrogens with one attached hydrogen (secondary N) is 1. The second kappa shape index (κ2) is 12.5. The van der Waals surface area contributed by atoms with Gasteiger partial charge in [0.25, 0.3) is 5.91 Å². The van der Waals surface area contributed by atoms with E-state index in [1.54, 1.807) is 11.9 Å². The summed E-state index contributed by atoms with van der Waals surface area (Å²) in [6.45, 7) is 6.40. The average molecular weight is 537 g/mol. The van der Waals surface area contributed by atoms with E-state index >= 15 is 0 Å². The molecule has 184 valence electrons. The Morgan fingerprint density at radius 1 is 0.971 bits per heavy atom. The molecule has 3 aromatic carbocycles. The maximum atomic E-state index is 13.5. The molecular formula is C29H33BrN2O3. The minimum absolute atomic E-state index is 0.173. The van der Waals surface area contributed by atoms with E-state index < -0.39 is 6.04 Å². The van der Waals surface area contributed by atoms with E-state index in [1.165, 1.54) is 5.56 Å². The molecule has 5 nitrogen and oxygen atoms in total. The Balaban J connectivity index is 1.86. The van der Waals surface area contributed by atoms with Crippen LogP contribution in [-0.4, -0.2) is 36.4 Å². The first-order chi connectivity index (χ1) is 16.8. The molecule has 3 aromatic rings.